The van der Waals surface area contributed by atoms with Crippen molar-refractivity contribution in [3.8, 4) is 0 Å². The average Bonchev–Trinajstić information content (AvgIpc) is 3.02. The van der Waals surface area contributed by atoms with Gasteiger partial charge in [-0.2, -0.15) is 0 Å². The molecule has 1 fully saturated rings. The van der Waals surface area contributed by atoms with E-state index in [-0.39, 0.29) is 10.8 Å². The first kappa shape index (κ1) is 18.9. The summed E-state index contributed by atoms with van der Waals surface area (Å²) in [5.41, 5.74) is 2.57. The Kier molecular flexibility index (Phi) is 5.65. The third kappa shape index (κ3) is 4.26. The van der Waals surface area contributed by atoms with Gasteiger partial charge in [-0.05, 0) is 61.2 Å². The monoisotopic (exact) mass is 392 g/mol. The normalized spacial score (nSPS) is 14.8. The van der Waals surface area contributed by atoms with E-state index in [1.54, 1.807) is 35.2 Å². The van der Waals surface area contributed by atoms with Gasteiger partial charge in [0.2, 0.25) is 15.9 Å². The minimum Gasteiger partial charge on any atom is -0.312 e. The van der Waals surface area contributed by atoms with Crippen LogP contribution in [0.4, 0.5) is 5.69 Å². The molecule has 0 unspecified atom stereocenters. The molecular weight excluding hydrogens is 372 g/mol. The highest BCUT2D eigenvalue weighted by atomic mass is 35.5. The lowest BCUT2D eigenvalue weighted by Gasteiger charge is -2.19. The Labute approximate surface area is 159 Å². The lowest BCUT2D eigenvalue weighted by Crippen LogP contribution is -2.27. The number of carbonyl (C=O) groups excluding carboxylic acids is 1. The van der Waals surface area contributed by atoms with E-state index in [1.165, 1.54) is 0 Å². The number of halogens is 1. The molecule has 138 valence electrons. The van der Waals surface area contributed by atoms with Crippen LogP contribution in [0.25, 0.3) is 0 Å². The van der Waals surface area contributed by atoms with Gasteiger partial charge in [0.15, 0.2) is 0 Å². The van der Waals surface area contributed by atoms with Crippen molar-refractivity contribution in [2.45, 2.75) is 31.1 Å². The van der Waals surface area contributed by atoms with Crippen LogP contribution >= 0.6 is 11.6 Å². The maximum atomic E-state index is 12.5. The fraction of sp³-hybridized carbons (Fsp3) is 0.316. The van der Waals surface area contributed by atoms with Gasteiger partial charge in [-0.1, -0.05) is 23.7 Å². The molecule has 1 saturated heterocycles. The first-order valence-electron chi connectivity index (χ1n) is 8.52. The number of rotatable bonds is 6. The summed E-state index contributed by atoms with van der Waals surface area (Å²) in [4.78, 5) is 13.8. The fourth-order valence-electron chi connectivity index (χ4n) is 3.06. The van der Waals surface area contributed by atoms with Gasteiger partial charge in [-0.25, -0.2) is 13.1 Å². The summed E-state index contributed by atoms with van der Waals surface area (Å²) < 4.78 is 27.6. The van der Waals surface area contributed by atoms with Crippen molar-refractivity contribution >= 4 is 33.2 Å². The van der Waals surface area contributed by atoms with Gasteiger partial charge in [-0.15, -0.1) is 0 Å². The van der Waals surface area contributed by atoms with E-state index in [0.29, 0.717) is 31.0 Å². The van der Waals surface area contributed by atoms with Crippen molar-refractivity contribution in [1.82, 2.24) is 4.72 Å². The van der Waals surface area contributed by atoms with Crippen LogP contribution in [0.15, 0.2) is 47.4 Å². The second-order valence-electron chi connectivity index (χ2n) is 6.37. The molecule has 0 bridgehead atoms. The van der Waals surface area contributed by atoms with E-state index in [2.05, 4.69) is 4.72 Å². The second-order valence-corrected chi connectivity index (χ2v) is 8.57. The topological polar surface area (TPSA) is 66.5 Å². The second kappa shape index (κ2) is 7.78. The van der Waals surface area contributed by atoms with Gasteiger partial charge in [-0.3, -0.25) is 4.79 Å². The Morgan fingerprint density at radius 3 is 2.50 bits per heavy atom. The number of amides is 1. The number of benzene rings is 2. The Hall–Kier alpha value is -1.89. The van der Waals surface area contributed by atoms with Crippen molar-refractivity contribution in [3.05, 3.63) is 58.6 Å². The summed E-state index contributed by atoms with van der Waals surface area (Å²) in [6.07, 6.45) is 1.96. The van der Waals surface area contributed by atoms with E-state index in [1.807, 2.05) is 19.1 Å². The first-order valence-corrected chi connectivity index (χ1v) is 10.4. The van der Waals surface area contributed by atoms with Gasteiger partial charge in [0.1, 0.15) is 0 Å². The Morgan fingerprint density at radius 1 is 1.15 bits per heavy atom. The van der Waals surface area contributed by atoms with Crippen LogP contribution in [0, 0.1) is 6.92 Å². The molecule has 0 spiro atoms. The minimum absolute atomic E-state index is 0.0878. The van der Waals surface area contributed by atoms with Crippen LogP contribution in [-0.2, 0) is 21.2 Å². The molecule has 2 aromatic carbocycles. The number of aryl methyl sites for hydroxylation is 1. The van der Waals surface area contributed by atoms with Crippen LogP contribution in [0.5, 0.6) is 0 Å². The highest BCUT2D eigenvalue weighted by Gasteiger charge is 2.24. The summed E-state index contributed by atoms with van der Waals surface area (Å²) in [7, 11) is -3.59. The average molecular weight is 393 g/mol. The van der Waals surface area contributed by atoms with Crippen LogP contribution in [0.3, 0.4) is 0 Å². The molecule has 0 saturated carbocycles. The number of carbonyl (C=O) groups is 1. The first-order chi connectivity index (χ1) is 12.4. The molecule has 1 aliphatic heterocycles. The van der Waals surface area contributed by atoms with Crippen LogP contribution in [-0.4, -0.2) is 27.4 Å². The van der Waals surface area contributed by atoms with Gasteiger partial charge in [0, 0.05) is 30.2 Å². The van der Waals surface area contributed by atoms with Crippen molar-refractivity contribution in [3.63, 3.8) is 0 Å². The van der Waals surface area contributed by atoms with E-state index in [9.17, 15) is 13.2 Å². The molecule has 2 aromatic rings. The molecule has 0 atom stereocenters. The van der Waals surface area contributed by atoms with Gasteiger partial charge >= 0.3 is 0 Å². The van der Waals surface area contributed by atoms with Crippen molar-refractivity contribution in [2.24, 2.45) is 0 Å². The smallest absolute Gasteiger partial charge is 0.240 e. The molecule has 0 radical (unpaired) electrons. The molecule has 7 heteroatoms. The number of sulfonamides is 1. The summed E-state index contributed by atoms with van der Waals surface area (Å²) in [5, 5.41) is 0.654. The number of nitrogens with zero attached hydrogens (tertiary/aromatic N) is 1. The summed E-state index contributed by atoms with van der Waals surface area (Å²) in [5.74, 6) is 0.0878. The zero-order valence-electron chi connectivity index (χ0n) is 14.5. The predicted molar refractivity (Wildman–Crippen MR) is 103 cm³/mol. The van der Waals surface area contributed by atoms with Crippen LogP contribution in [0.1, 0.15) is 24.0 Å². The highest BCUT2D eigenvalue weighted by molar-refractivity contribution is 7.89. The third-order valence-electron chi connectivity index (χ3n) is 4.46. The standard InChI is InChI=1S/C19H21ClN2O3S/c1-14-13-17(8-9-18(14)22-12-2-3-19(22)23)26(24,25)21-11-10-15-4-6-16(20)7-5-15/h4-9,13,21H,2-3,10-12H2,1H3. The Morgan fingerprint density at radius 2 is 1.88 bits per heavy atom. The molecule has 1 heterocycles. The lowest BCUT2D eigenvalue weighted by atomic mass is 10.2. The molecule has 1 amide bonds. The summed E-state index contributed by atoms with van der Waals surface area (Å²) >= 11 is 5.85. The van der Waals surface area contributed by atoms with Gasteiger partial charge in [0.05, 0.1) is 4.90 Å². The van der Waals surface area contributed by atoms with E-state index in [0.717, 1.165) is 23.2 Å². The SMILES string of the molecule is Cc1cc(S(=O)(=O)NCCc2ccc(Cl)cc2)ccc1N1CCCC1=O. The quantitative estimate of drug-likeness (QED) is 0.820. The number of hydrogen-bond donors (Lipinski definition) is 1. The van der Waals surface area contributed by atoms with E-state index >= 15 is 0 Å². The van der Waals surface area contributed by atoms with E-state index in [4.69, 9.17) is 11.6 Å². The lowest BCUT2D eigenvalue weighted by molar-refractivity contribution is -0.117. The van der Waals surface area contributed by atoms with Gasteiger partial charge < -0.3 is 4.90 Å². The molecular formula is C19H21ClN2O3S. The number of nitrogens with one attached hydrogen (secondary N) is 1. The highest BCUT2D eigenvalue weighted by Crippen LogP contribution is 2.27. The number of hydrogen-bond acceptors (Lipinski definition) is 3. The fourth-order valence-corrected chi connectivity index (χ4v) is 4.31. The molecule has 26 heavy (non-hydrogen) atoms. The predicted octanol–water partition coefficient (Wildman–Crippen LogP) is 3.30. The Balaban J connectivity index is 1.67. The summed E-state index contributed by atoms with van der Waals surface area (Å²) in [6, 6.07) is 12.2. The van der Waals surface area contributed by atoms with Crippen LogP contribution < -0.4 is 9.62 Å². The Bertz CT molecular complexity index is 911. The zero-order chi connectivity index (χ0) is 18.7. The maximum Gasteiger partial charge on any atom is 0.240 e. The third-order valence-corrected chi connectivity index (χ3v) is 6.17. The van der Waals surface area contributed by atoms with Crippen molar-refractivity contribution in [1.29, 1.82) is 0 Å². The molecule has 0 aromatic heterocycles. The zero-order valence-corrected chi connectivity index (χ0v) is 16.1. The molecule has 3 rings (SSSR count). The largest absolute Gasteiger partial charge is 0.312 e. The number of anilines is 1. The van der Waals surface area contributed by atoms with Crippen LogP contribution in [0.2, 0.25) is 5.02 Å². The molecule has 5 nitrogen and oxygen atoms in total. The summed E-state index contributed by atoms with van der Waals surface area (Å²) in [6.45, 7) is 2.81. The van der Waals surface area contributed by atoms with Gasteiger partial charge in [0.25, 0.3) is 0 Å². The van der Waals surface area contributed by atoms with E-state index < -0.39 is 10.0 Å². The maximum absolute atomic E-state index is 12.5. The van der Waals surface area contributed by atoms with Crippen molar-refractivity contribution in [2.75, 3.05) is 18.0 Å². The molecule has 1 N–H and O–H groups in total. The van der Waals surface area contributed by atoms with Crippen molar-refractivity contribution < 1.29 is 13.2 Å². The molecule has 0 aliphatic carbocycles. The molecule has 1 aliphatic rings. The minimum atomic E-state index is -3.59.